The Balaban J connectivity index is 1.71. The van der Waals surface area contributed by atoms with E-state index in [-0.39, 0.29) is 11.7 Å². The molecule has 25 heavy (non-hydrogen) atoms. The summed E-state index contributed by atoms with van der Waals surface area (Å²) in [6.45, 7) is 5.36. The number of rotatable bonds is 5. The van der Waals surface area contributed by atoms with E-state index in [0.717, 1.165) is 16.9 Å². The van der Waals surface area contributed by atoms with Crippen LogP contribution in [0.25, 0.3) is 5.65 Å². The molecule has 4 N–H and O–H groups in total. The normalized spacial score (nSPS) is 11.3. The number of hydrazone groups is 1. The summed E-state index contributed by atoms with van der Waals surface area (Å²) >= 11 is 0. The molecule has 0 spiro atoms. The number of fused-ring (bicyclic) bond motifs is 1. The predicted molar refractivity (Wildman–Crippen MR) is 98.3 cm³/mol. The highest BCUT2D eigenvalue weighted by Crippen LogP contribution is 2.12. The molecule has 7 nitrogen and oxygen atoms in total. The Hall–Kier alpha value is -3.61. The Kier molecular flexibility index (Phi) is 4.47. The molecule has 7 heteroatoms. The van der Waals surface area contributed by atoms with Crippen molar-refractivity contribution >= 4 is 23.0 Å². The number of carbonyl (C=O) groups excluding carboxylic acids is 1. The number of imidazole rings is 1. The smallest absolute Gasteiger partial charge is 0.275 e. The number of carbonyl (C=O) groups is 1. The van der Waals surface area contributed by atoms with Crippen molar-refractivity contribution in [3.05, 3.63) is 78.5 Å². The Bertz CT molecular complexity index is 922. The average Bonchev–Trinajstić information content (AvgIpc) is 3.04. The van der Waals surface area contributed by atoms with Gasteiger partial charge in [-0.05, 0) is 36.8 Å². The number of pyridine rings is 1. The van der Waals surface area contributed by atoms with Crippen molar-refractivity contribution in [2.24, 2.45) is 10.8 Å². The van der Waals surface area contributed by atoms with Gasteiger partial charge in [0.2, 0.25) is 0 Å². The van der Waals surface area contributed by atoms with Crippen LogP contribution in [-0.4, -0.2) is 21.0 Å². The van der Waals surface area contributed by atoms with Gasteiger partial charge in [-0.2, -0.15) is 5.10 Å². The van der Waals surface area contributed by atoms with Crippen molar-refractivity contribution < 1.29 is 4.79 Å². The molecular formula is C18H18N6O. The summed E-state index contributed by atoms with van der Waals surface area (Å²) < 4.78 is 1.80. The highest BCUT2D eigenvalue weighted by molar-refractivity contribution is 6.04. The lowest BCUT2D eigenvalue weighted by molar-refractivity contribution is 0.102. The van der Waals surface area contributed by atoms with Crippen LogP contribution in [-0.2, 0) is 0 Å². The molecule has 0 saturated heterocycles. The minimum Gasteiger partial charge on any atom is -0.385 e. The molecule has 2 aromatic heterocycles. The van der Waals surface area contributed by atoms with E-state index in [2.05, 4.69) is 27.4 Å². The van der Waals surface area contributed by atoms with Crippen molar-refractivity contribution in [2.75, 3.05) is 5.32 Å². The summed E-state index contributed by atoms with van der Waals surface area (Å²) in [5.41, 5.74) is 11.4. The maximum Gasteiger partial charge on any atom is 0.275 e. The van der Waals surface area contributed by atoms with Crippen molar-refractivity contribution in [1.29, 1.82) is 0 Å². The molecular weight excluding hydrogens is 316 g/mol. The van der Waals surface area contributed by atoms with Crippen LogP contribution in [0.2, 0.25) is 0 Å². The quantitative estimate of drug-likeness (QED) is 0.493. The lowest BCUT2D eigenvalue weighted by Crippen LogP contribution is -2.15. The van der Waals surface area contributed by atoms with Gasteiger partial charge in [0.25, 0.3) is 5.91 Å². The minimum atomic E-state index is -0.261. The molecule has 0 aliphatic heterocycles. The Labute approximate surface area is 144 Å². The number of anilines is 1. The van der Waals surface area contributed by atoms with Gasteiger partial charge in [0.15, 0.2) is 0 Å². The third-order valence-electron chi connectivity index (χ3n) is 3.52. The van der Waals surface area contributed by atoms with E-state index in [1.807, 2.05) is 43.5 Å². The molecule has 0 atom stereocenters. The third-order valence-corrected chi connectivity index (χ3v) is 3.52. The van der Waals surface area contributed by atoms with Gasteiger partial charge in [-0.1, -0.05) is 24.8 Å². The molecule has 3 aromatic rings. The zero-order valence-corrected chi connectivity index (χ0v) is 13.7. The monoisotopic (exact) mass is 334 g/mol. The van der Waals surface area contributed by atoms with Gasteiger partial charge in [0, 0.05) is 18.1 Å². The summed E-state index contributed by atoms with van der Waals surface area (Å²) in [6, 6.07) is 12.9. The summed E-state index contributed by atoms with van der Waals surface area (Å²) in [5, 5.41) is 6.93. The molecule has 0 fully saturated rings. The highest BCUT2D eigenvalue weighted by atomic mass is 16.1. The van der Waals surface area contributed by atoms with Crippen LogP contribution in [0, 0.1) is 0 Å². The Morgan fingerprint density at radius 2 is 2.00 bits per heavy atom. The van der Waals surface area contributed by atoms with Crippen LogP contribution in [0.1, 0.15) is 23.0 Å². The van der Waals surface area contributed by atoms with Crippen molar-refractivity contribution in [3.8, 4) is 0 Å². The number of amides is 1. The van der Waals surface area contributed by atoms with Gasteiger partial charge in [-0.15, -0.1) is 0 Å². The van der Waals surface area contributed by atoms with Crippen LogP contribution in [0.5, 0.6) is 0 Å². The second kappa shape index (κ2) is 6.88. The fourth-order valence-electron chi connectivity index (χ4n) is 2.25. The first-order valence-electron chi connectivity index (χ1n) is 7.63. The zero-order valence-electron chi connectivity index (χ0n) is 13.7. The van der Waals surface area contributed by atoms with Crippen LogP contribution in [0.3, 0.4) is 0 Å². The number of aromatic nitrogens is 2. The van der Waals surface area contributed by atoms with Gasteiger partial charge >= 0.3 is 0 Å². The van der Waals surface area contributed by atoms with Crippen LogP contribution < -0.4 is 16.5 Å². The lowest BCUT2D eigenvalue weighted by atomic mass is 10.1. The number of nitrogens with zero attached hydrogens (tertiary/aromatic N) is 3. The third kappa shape index (κ3) is 3.84. The second-order valence-electron chi connectivity index (χ2n) is 5.46. The molecule has 0 radical (unpaired) electrons. The average molecular weight is 334 g/mol. The Morgan fingerprint density at radius 1 is 1.24 bits per heavy atom. The molecule has 0 unspecified atom stereocenters. The van der Waals surface area contributed by atoms with E-state index < -0.39 is 0 Å². The van der Waals surface area contributed by atoms with E-state index in [4.69, 9.17) is 5.73 Å². The van der Waals surface area contributed by atoms with Crippen molar-refractivity contribution in [3.63, 3.8) is 0 Å². The molecule has 3 rings (SSSR count). The van der Waals surface area contributed by atoms with E-state index in [1.165, 1.54) is 0 Å². The number of benzene rings is 1. The van der Waals surface area contributed by atoms with E-state index in [9.17, 15) is 4.79 Å². The molecule has 2 heterocycles. The Morgan fingerprint density at radius 3 is 2.68 bits per heavy atom. The van der Waals surface area contributed by atoms with E-state index in [1.54, 1.807) is 22.7 Å². The van der Waals surface area contributed by atoms with Crippen LogP contribution >= 0.6 is 0 Å². The van der Waals surface area contributed by atoms with Crippen molar-refractivity contribution in [1.82, 2.24) is 14.8 Å². The van der Waals surface area contributed by atoms with Gasteiger partial charge in [-0.3, -0.25) is 10.2 Å². The second-order valence-corrected chi connectivity index (χ2v) is 5.46. The summed E-state index contributed by atoms with van der Waals surface area (Å²) in [4.78, 5) is 16.6. The standard InChI is InChI=1S/C18H18N6O/c1-12(22-23-13(2)19)14-6-8-15(9-7-14)20-18(25)16-11-24-10-4-3-5-17(24)21-16/h3-11,23H,2,19H2,1H3,(H,20,25)/b22-12-. The topological polar surface area (TPSA) is 96.8 Å². The lowest BCUT2D eigenvalue weighted by Gasteiger charge is -2.06. The summed E-state index contributed by atoms with van der Waals surface area (Å²) in [6.07, 6.45) is 3.54. The number of hydrogen-bond donors (Lipinski definition) is 3. The number of nitrogens with two attached hydrogens (primary N) is 1. The summed E-state index contributed by atoms with van der Waals surface area (Å²) in [7, 11) is 0. The van der Waals surface area contributed by atoms with E-state index >= 15 is 0 Å². The summed E-state index contributed by atoms with van der Waals surface area (Å²) in [5.74, 6) is 0.0126. The zero-order chi connectivity index (χ0) is 17.8. The highest BCUT2D eigenvalue weighted by Gasteiger charge is 2.11. The molecule has 1 amide bonds. The van der Waals surface area contributed by atoms with Gasteiger partial charge in [0.1, 0.15) is 17.2 Å². The first-order valence-corrected chi connectivity index (χ1v) is 7.63. The maximum atomic E-state index is 12.3. The molecule has 1 aromatic carbocycles. The minimum absolute atomic E-state index is 0.261. The number of hydrogen-bond acceptors (Lipinski definition) is 5. The molecule has 0 aliphatic carbocycles. The van der Waals surface area contributed by atoms with Gasteiger partial charge in [0.05, 0.1) is 5.71 Å². The van der Waals surface area contributed by atoms with Gasteiger partial charge < -0.3 is 15.5 Å². The molecule has 0 aliphatic rings. The predicted octanol–water partition coefficient (Wildman–Crippen LogP) is 2.33. The number of nitrogens with one attached hydrogen (secondary N) is 2. The molecule has 126 valence electrons. The fraction of sp³-hybridized carbons (Fsp3) is 0.0556. The maximum absolute atomic E-state index is 12.3. The van der Waals surface area contributed by atoms with E-state index in [0.29, 0.717) is 11.4 Å². The van der Waals surface area contributed by atoms with Crippen LogP contribution in [0.15, 0.2) is 72.4 Å². The van der Waals surface area contributed by atoms with Crippen molar-refractivity contribution in [2.45, 2.75) is 6.92 Å². The van der Waals surface area contributed by atoms with Gasteiger partial charge in [-0.25, -0.2) is 4.98 Å². The van der Waals surface area contributed by atoms with Crippen LogP contribution in [0.4, 0.5) is 5.69 Å². The molecule has 0 bridgehead atoms. The SMILES string of the molecule is C=C(N)N/N=C(/C)c1ccc(NC(=O)c2cn3ccccc3n2)cc1. The first kappa shape index (κ1) is 16.3. The fourth-order valence-corrected chi connectivity index (χ4v) is 2.25. The largest absolute Gasteiger partial charge is 0.385 e. The first-order chi connectivity index (χ1) is 12.0. The molecule has 0 saturated carbocycles.